The molecule has 0 heterocycles. The molecule has 0 spiro atoms. The van der Waals surface area contributed by atoms with Gasteiger partial charge in [-0.2, -0.15) is 0 Å². The first-order valence-electron chi connectivity index (χ1n) is 7.44. The SMILES string of the molecule is COCCNCCNC(=O)C(Oc1ccccc1Br)C(C)C.Cl. The van der Waals surface area contributed by atoms with Gasteiger partial charge in [0.25, 0.3) is 5.91 Å². The Hall–Kier alpha value is -0.820. The molecule has 2 N–H and O–H groups in total. The van der Waals surface area contributed by atoms with E-state index in [9.17, 15) is 4.79 Å². The number of nitrogens with one attached hydrogen (secondary N) is 2. The van der Waals surface area contributed by atoms with Gasteiger partial charge in [0.15, 0.2) is 6.10 Å². The standard InChI is InChI=1S/C16H25BrN2O3.ClH/c1-12(2)15(22-14-7-5-4-6-13(14)17)16(20)19-9-8-18-10-11-21-3;/h4-7,12,15,18H,8-11H2,1-3H3,(H,19,20);1H. The maximum Gasteiger partial charge on any atom is 0.261 e. The average molecular weight is 410 g/mol. The lowest BCUT2D eigenvalue weighted by molar-refractivity contribution is -0.129. The van der Waals surface area contributed by atoms with Gasteiger partial charge in [-0.25, -0.2) is 0 Å². The van der Waals surface area contributed by atoms with Crippen molar-refractivity contribution >= 4 is 34.2 Å². The second kappa shape index (κ2) is 12.6. The summed E-state index contributed by atoms with van der Waals surface area (Å²) in [5, 5.41) is 6.08. The van der Waals surface area contributed by atoms with Crippen molar-refractivity contribution in [1.82, 2.24) is 10.6 Å². The molecular formula is C16H26BrClN2O3. The fourth-order valence-corrected chi connectivity index (χ4v) is 2.22. The van der Waals surface area contributed by atoms with Crippen LogP contribution in [0.3, 0.4) is 0 Å². The number of benzene rings is 1. The highest BCUT2D eigenvalue weighted by atomic mass is 79.9. The Balaban J connectivity index is 0.00000484. The predicted octanol–water partition coefficient (Wildman–Crippen LogP) is 2.63. The number of rotatable bonds is 10. The van der Waals surface area contributed by atoms with Crippen molar-refractivity contribution in [2.45, 2.75) is 20.0 Å². The number of carbonyl (C=O) groups is 1. The molecule has 0 bridgehead atoms. The fourth-order valence-electron chi connectivity index (χ4n) is 1.84. The number of amides is 1. The van der Waals surface area contributed by atoms with Crippen molar-refractivity contribution < 1.29 is 14.3 Å². The van der Waals surface area contributed by atoms with Gasteiger partial charge in [-0.05, 0) is 34.0 Å². The Kier molecular flexibility index (Phi) is 12.1. The molecular weight excluding hydrogens is 384 g/mol. The summed E-state index contributed by atoms with van der Waals surface area (Å²) in [6.45, 7) is 6.64. The summed E-state index contributed by atoms with van der Waals surface area (Å²) >= 11 is 3.43. The van der Waals surface area contributed by atoms with Crippen LogP contribution in [0.5, 0.6) is 5.75 Å². The van der Waals surface area contributed by atoms with E-state index in [2.05, 4.69) is 26.6 Å². The third kappa shape index (κ3) is 8.55. The van der Waals surface area contributed by atoms with Gasteiger partial charge in [-0.15, -0.1) is 12.4 Å². The largest absolute Gasteiger partial charge is 0.479 e. The van der Waals surface area contributed by atoms with Crippen LogP contribution in [0, 0.1) is 5.92 Å². The van der Waals surface area contributed by atoms with E-state index in [-0.39, 0.29) is 24.2 Å². The minimum atomic E-state index is -0.516. The van der Waals surface area contributed by atoms with Gasteiger partial charge in [-0.3, -0.25) is 4.79 Å². The van der Waals surface area contributed by atoms with Crippen LogP contribution in [-0.4, -0.2) is 45.4 Å². The van der Waals surface area contributed by atoms with Crippen molar-refractivity contribution in [2.75, 3.05) is 33.4 Å². The Morgan fingerprint density at radius 1 is 1.22 bits per heavy atom. The molecule has 0 aliphatic heterocycles. The third-order valence-electron chi connectivity index (χ3n) is 3.04. The lowest BCUT2D eigenvalue weighted by Gasteiger charge is -2.22. The van der Waals surface area contributed by atoms with Gasteiger partial charge in [0.2, 0.25) is 0 Å². The van der Waals surface area contributed by atoms with E-state index in [1.54, 1.807) is 7.11 Å². The van der Waals surface area contributed by atoms with Crippen molar-refractivity contribution in [2.24, 2.45) is 5.92 Å². The van der Waals surface area contributed by atoms with Gasteiger partial charge in [0.1, 0.15) is 5.75 Å². The van der Waals surface area contributed by atoms with Gasteiger partial charge >= 0.3 is 0 Å². The van der Waals surface area contributed by atoms with E-state index in [4.69, 9.17) is 9.47 Å². The highest BCUT2D eigenvalue weighted by Gasteiger charge is 2.24. The van der Waals surface area contributed by atoms with Crippen LogP contribution in [0.2, 0.25) is 0 Å². The number of para-hydroxylation sites is 1. The number of ether oxygens (including phenoxy) is 2. The van der Waals surface area contributed by atoms with Crippen LogP contribution in [0.25, 0.3) is 0 Å². The third-order valence-corrected chi connectivity index (χ3v) is 3.69. The molecule has 23 heavy (non-hydrogen) atoms. The molecule has 7 heteroatoms. The summed E-state index contributed by atoms with van der Waals surface area (Å²) in [4.78, 5) is 12.3. The van der Waals surface area contributed by atoms with Crippen molar-refractivity contribution in [3.8, 4) is 5.75 Å². The normalized spacial score (nSPS) is 11.7. The molecule has 1 amide bonds. The minimum Gasteiger partial charge on any atom is -0.479 e. The molecule has 0 aromatic heterocycles. The first kappa shape index (κ1) is 22.2. The molecule has 0 aliphatic carbocycles. The Labute approximate surface area is 153 Å². The summed E-state index contributed by atoms with van der Waals surface area (Å²) in [6.07, 6.45) is -0.516. The van der Waals surface area contributed by atoms with Crippen LogP contribution in [0.1, 0.15) is 13.8 Å². The number of halogens is 2. The zero-order chi connectivity index (χ0) is 16.4. The van der Waals surface area contributed by atoms with Gasteiger partial charge in [-0.1, -0.05) is 26.0 Å². The second-order valence-corrected chi connectivity index (χ2v) is 6.10. The van der Waals surface area contributed by atoms with Crippen LogP contribution in [-0.2, 0) is 9.53 Å². The topological polar surface area (TPSA) is 59.6 Å². The Morgan fingerprint density at radius 3 is 2.52 bits per heavy atom. The molecule has 0 aliphatic rings. The molecule has 1 aromatic carbocycles. The van der Waals surface area contributed by atoms with E-state index in [1.165, 1.54) is 0 Å². The molecule has 1 aromatic rings. The van der Waals surface area contributed by atoms with Crippen LogP contribution < -0.4 is 15.4 Å². The summed E-state index contributed by atoms with van der Waals surface area (Å²) in [6, 6.07) is 7.53. The smallest absolute Gasteiger partial charge is 0.261 e. The molecule has 0 radical (unpaired) electrons. The zero-order valence-electron chi connectivity index (χ0n) is 13.8. The van der Waals surface area contributed by atoms with Crippen LogP contribution >= 0.6 is 28.3 Å². The highest BCUT2D eigenvalue weighted by Crippen LogP contribution is 2.26. The average Bonchev–Trinajstić information content (AvgIpc) is 2.49. The molecule has 1 atom stereocenters. The van der Waals surface area contributed by atoms with Crippen molar-refractivity contribution in [1.29, 1.82) is 0 Å². The first-order chi connectivity index (χ1) is 10.6. The first-order valence-corrected chi connectivity index (χ1v) is 8.24. The molecule has 5 nitrogen and oxygen atoms in total. The Morgan fingerprint density at radius 2 is 1.91 bits per heavy atom. The highest BCUT2D eigenvalue weighted by molar-refractivity contribution is 9.10. The maximum absolute atomic E-state index is 12.3. The predicted molar refractivity (Wildman–Crippen MR) is 98.4 cm³/mol. The van der Waals surface area contributed by atoms with E-state index in [1.807, 2.05) is 38.1 Å². The number of hydrogen-bond donors (Lipinski definition) is 2. The molecule has 0 saturated carbocycles. The molecule has 1 rings (SSSR count). The number of methoxy groups -OCH3 is 1. The summed E-state index contributed by atoms with van der Waals surface area (Å²) in [7, 11) is 1.66. The maximum atomic E-state index is 12.3. The second-order valence-electron chi connectivity index (χ2n) is 5.25. The van der Waals surface area contributed by atoms with E-state index in [0.717, 1.165) is 11.0 Å². The van der Waals surface area contributed by atoms with Crippen molar-refractivity contribution in [3.05, 3.63) is 28.7 Å². The van der Waals surface area contributed by atoms with E-state index < -0.39 is 6.10 Å². The quantitative estimate of drug-likeness (QED) is 0.583. The number of carbonyl (C=O) groups excluding carboxylic acids is 1. The van der Waals surface area contributed by atoms with Crippen LogP contribution in [0.4, 0.5) is 0 Å². The van der Waals surface area contributed by atoms with E-state index in [0.29, 0.717) is 25.4 Å². The summed E-state index contributed by atoms with van der Waals surface area (Å²) in [5.74, 6) is 0.655. The minimum absolute atomic E-state index is 0. The number of hydrogen-bond acceptors (Lipinski definition) is 4. The zero-order valence-corrected chi connectivity index (χ0v) is 16.2. The van der Waals surface area contributed by atoms with Gasteiger partial charge < -0.3 is 20.1 Å². The van der Waals surface area contributed by atoms with Gasteiger partial charge in [0, 0.05) is 26.7 Å². The fraction of sp³-hybridized carbons (Fsp3) is 0.562. The lowest BCUT2D eigenvalue weighted by Crippen LogP contribution is -2.44. The lowest BCUT2D eigenvalue weighted by atomic mass is 10.1. The Bertz CT molecular complexity index is 461. The molecule has 0 fully saturated rings. The molecule has 1 unspecified atom stereocenters. The summed E-state index contributed by atoms with van der Waals surface area (Å²) in [5.41, 5.74) is 0. The van der Waals surface area contributed by atoms with E-state index >= 15 is 0 Å². The molecule has 132 valence electrons. The van der Waals surface area contributed by atoms with Gasteiger partial charge in [0.05, 0.1) is 11.1 Å². The van der Waals surface area contributed by atoms with Crippen molar-refractivity contribution in [3.63, 3.8) is 0 Å². The monoisotopic (exact) mass is 408 g/mol. The summed E-state index contributed by atoms with van der Waals surface area (Å²) < 4.78 is 11.6. The van der Waals surface area contributed by atoms with Crippen LogP contribution in [0.15, 0.2) is 28.7 Å². The molecule has 0 saturated heterocycles.